The number of ether oxygens (including phenoxy) is 1. The zero-order chi connectivity index (χ0) is 23.7. The van der Waals surface area contributed by atoms with Crippen LogP contribution in [0.5, 0.6) is 5.75 Å². The number of rotatable bonds is 11. The average molecular weight is 466 g/mol. The van der Waals surface area contributed by atoms with E-state index in [1.807, 2.05) is 13.0 Å². The molecule has 174 valence electrons. The van der Waals surface area contributed by atoms with E-state index in [2.05, 4.69) is 10.0 Å². The average Bonchev–Trinajstić information content (AvgIpc) is 2.76. The first kappa shape index (κ1) is 25.3. The van der Waals surface area contributed by atoms with Gasteiger partial charge in [-0.15, -0.1) is 0 Å². The van der Waals surface area contributed by atoms with Crippen molar-refractivity contribution >= 4 is 21.8 Å². The van der Waals surface area contributed by atoms with E-state index in [1.165, 1.54) is 4.90 Å². The van der Waals surface area contributed by atoms with E-state index in [4.69, 9.17) is 4.74 Å². The highest BCUT2D eigenvalue weighted by atomic mass is 32.2. The topological polar surface area (TPSA) is 105 Å². The third-order valence-corrected chi connectivity index (χ3v) is 6.13. The lowest BCUT2D eigenvalue weighted by atomic mass is 10.0. The standard InChI is InChI=1S/C22H28FN3O5S/c1-4-19(18-7-5-6-8-20(18)31-15-22(28)26(2)3)25-21(27)13-14-24-32(29,30)17-11-9-16(23)10-12-17/h5-12,19,24H,4,13-15H2,1-3H3,(H,25,27). The van der Waals surface area contributed by atoms with Crippen LogP contribution in [0, 0.1) is 5.82 Å². The molecule has 8 nitrogen and oxygen atoms in total. The molecule has 2 rings (SSSR count). The molecule has 1 unspecified atom stereocenters. The summed E-state index contributed by atoms with van der Waals surface area (Å²) >= 11 is 0. The molecule has 0 spiro atoms. The lowest BCUT2D eigenvalue weighted by molar-refractivity contribution is -0.130. The summed E-state index contributed by atoms with van der Waals surface area (Å²) in [7, 11) is -0.569. The Morgan fingerprint density at radius 3 is 2.38 bits per heavy atom. The molecule has 32 heavy (non-hydrogen) atoms. The Kier molecular flexibility index (Phi) is 9.15. The van der Waals surface area contributed by atoms with Crippen molar-refractivity contribution in [1.82, 2.24) is 14.9 Å². The van der Waals surface area contributed by atoms with Gasteiger partial charge in [-0.3, -0.25) is 9.59 Å². The third kappa shape index (κ3) is 7.31. The highest BCUT2D eigenvalue weighted by Crippen LogP contribution is 2.27. The summed E-state index contributed by atoms with van der Waals surface area (Å²) in [5, 5.41) is 2.87. The van der Waals surface area contributed by atoms with E-state index in [0.717, 1.165) is 29.8 Å². The lowest BCUT2D eigenvalue weighted by Gasteiger charge is -2.21. The molecule has 2 amide bonds. The van der Waals surface area contributed by atoms with Gasteiger partial charge < -0.3 is 15.0 Å². The van der Waals surface area contributed by atoms with Crippen molar-refractivity contribution in [3.63, 3.8) is 0 Å². The summed E-state index contributed by atoms with van der Waals surface area (Å²) < 4.78 is 45.4. The number of carbonyl (C=O) groups excluding carboxylic acids is 2. The van der Waals surface area contributed by atoms with E-state index < -0.39 is 15.8 Å². The molecule has 0 fully saturated rings. The van der Waals surface area contributed by atoms with E-state index in [1.54, 1.807) is 32.3 Å². The zero-order valence-electron chi connectivity index (χ0n) is 18.3. The summed E-state index contributed by atoms with van der Waals surface area (Å²) in [5.74, 6) is -0.584. The molecule has 0 bridgehead atoms. The molecule has 0 heterocycles. The van der Waals surface area contributed by atoms with Gasteiger partial charge in [0, 0.05) is 32.6 Å². The smallest absolute Gasteiger partial charge is 0.259 e. The van der Waals surface area contributed by atoms with Gasteiger partial charge in [-0.25, -0.2) is 17.5 Å². The number of hydrogen-bond donors (Lipinski definition) is 2. The quantitative estimate of drug-likeness (QED) is 0.530. The van der Waals surface area contributed by atoms with Crippen LogP contribution in [0.15, 0.2) is 53.4 Å². The van der Waals surface area contributed by atoms with E-state index >= 15 is 0 Å². The van der Waals surface area contributed by atoms with Gasteiger partial charge in [0.15, 0.2) is 6.61 Å². The fraction of sp³-hybridized carbons (Fsp3) is 0.364. The number of amides is 2. The Balaban J connectivity index is 1.95. The second-order valence-corrected chi connectivity index (χ2v) is 9.01. The minimum Gasteiger partial charge on any atom is -0.483 e. The number of halogens is 1. The highest BCUT2D eigenvalue weighted by molar-refractivity contribution is 7.89. The normalized spacial score (nSPS) is 12.1. The van der Waals surface area contributed by atoms with Gasteiger partial charge in [0.2, 0.25) is 15.9 Å². The van der Waals surface area contributed by atoms with Crippen molar-refractivity contribution in [3.8, 4) is 5.75 Å². The Morgan fingerprint density at radius 2 is 1.75 bits per heavy atom. The Morgan fingerprint density at radius 1 is 1.09 bits per heavy atom. The van der Waals surface area contributed by atoms with Gasteiger partial charge in [0.25, 0.3) is 5.91 Å². The Bertz CT molecular complexity index is 1030. The van der Waals surface area contributed by atoms with Crippen molar-refractivity contribution in [2.24, 2.45) is 0 Å². The van der Waals surface area contributed by atoms with Gasteiger partial charge in [-0.05, 0) is 36.8 Å². The van der Waals surface area contributed by atoms with E-state index in [9.17, 15) is 22.4 Å². The molecule has 0 aliphatic carbocycles. The van der Waals surface area contributed by atoms with Gasteiger partial charge in [0.1, 0.15) is 11.6 Å². The van der Waals surface area contributed by atoms with Crippen LogP contribution in [0.25, 0.3) is 0 Å². The van der Waals surface area contributed by atoms with Crippen LogP contribution in [0.2, 0.25) is 0 Å². The first-order valence-corrected chi connectivity index (χ1v) is 11.6. The zero-order valence-corrected chi connectivity index (χ0v) is 19.1. The van der Waals surface area contributed by atoms with Crippen LogP contribution in [0.4, 0.5) is 4.39 Å². The third-order valence-electron chi connectivity index (χ3n) is 4.66. The molecule has 0 saturated heterocycles. The first-order chi connectivity index (χ1) is 15.1. The van der Waals surface area contributed by atoms with E-state index in [0.29, 0.717) is 12.2 Å². The number of carbonyl (C=O) groups is 2. The number of nitrogens with zero attached hydrogens (tertiary/aromatic N) is 1. The number of likely N-dealkylation sites (N-methyl/N-ethyl adjacent to an activating group) is 1. The molecular formula is C22H28FN3O5S. The summed E-state index contributed by atoms with van der Waals surface area (Å²) in [6.07, 6.45) is 0.480. The van der Waals surface area contributed by atoms with Crippen LogP contribution in [0.1, 0.15) is 31.4 Å². The van der Waals surface area contributed by atoms with Crippen LogP contribution < -0.4 is 14.8 Å². The second kappa shape index (κ2) is 11.6. The predicted octanol–water partition coefficient (Wildman–Crippen LogP) is 2.23. The summed E-state index contributed by atoms with van der Waals surface area (Å²) in [6.45, 7) is 1.65. The van der Waals surface area contributed by atoms with E-state index in [-0.39, 0.29) is 42.3 Å². The number of para-hydroxylation sites is 1. The van der Waals surface area contributed by atoms with Gasteiger partial charge in [0.05, 0.1) is 10.9 Å². The summed E-state index contributed by atoms with van der Waals surface area (Å²) in [6, 6.07) is 11.2. The fourth-order valence-electron chi connectivity index (χ4n) is 2.83. The fourth-order valence-corrected chi connectivity index (χ4v) is 3.86. The Labute approximate surface area is 187 Å². The maximum absolute atomic E-state index is 13.0. The minimum absolute atomic E-state index is 0.0795. The predicted molar refractivity (Wildman–Crippen MR) is 118 cm³/mol. The number of benzene rings is 2. The molecule has 0 radical (unpaired) electrons. The molecular weight excluding hydrogens is 437 g/mol. The van der Waals surface area contributed by atoms with Gasteiger partial charge in [-0.2, -0.15) is 0 Å². The molecule has 2 aromatic rings. The maximum atomic E-state index is 13.0. The molecule has 0 aliphatic heterocycles. The largest absolute Gasteiger partial charge is 0.483 e. The van der Waals surface area contributed by atoms with Gasteiger partial charge >= 0.3 is 0 Å². The second-order valence-electron chi connectivity index (χ2n) is 7.24. The number of sulfonamides is 1. The minimum atomic E-state index is -3.84. The molecule has 0 aliphatic rings. The lowest BCUT2D eigenvalue weighted by Crippen LogP contribution is -2.33. The SMILES string of the molecule is CCC(NC(=O)CCNS(=O)(=O)c1ccc(F)cc1)c1ccccc1OCC(=O)N(C)C. The molecule has 2 N–H and O–H groups in total. The van der Waals surface area contributed by atoms with Crippen LogP contribution in [-0.2, 0) is 19.6 Å². The molecule has 2 aromatic carbocycles. The van der Waals surface area contributed by atoms with Crippen LogP contribution in [0.3, 0.4) is 0 Å². The highest BCUT2D eigenvalue weighted by Gasteiger charge is 2.19. The molecule has 1 atom stereocenters. The first-order valence-electron chi connectivity index (χ1n) is 10.1. The van der Waals surface area contributed by atoms with Crippen molar-refractivity contribution in [2.45, 2.75) is 30.7 Å². The monoisotopic (exact) mass is 465 g/mol. The van der Waals surface area contributed by atoms with Crippen molar-refractivity contribution in [1.29, 1.82) is 0 Å². The van der Waals surface area contributed by atoms with Crippen LogP contribution in [-0.4, -0.2) is 52.4 Å². The number of hydrogen-bond acceptors (Lipinski definition) is 5. The molecule has 0 aromatic heterocycles. The van der Waals surface area contributed by atoms with Crippen molar-refractivity contribution < 1.29 is 27.1 Å². The summed E-state index contributed by atoms with van der Waals surface area (Å²) in [5.41, 5.74) is 0.724. The van der Waals surface area contributed by atoms with Crippen molar-refractivity contribution in [2.75, 3.05) is 27.2 Å². The molecule has 0 saturated carbocycles. The summed E-state index contributed by atoms with van der Waals surface area (Å²) in [4.78, 5) is 25.6. The Hall–Kier alpha value is -2.98. The molecule has 10 heteroatoms. The van der Waals surface area contributed by atoms with Crippen molar-refractivity contribution in [3.05, 3.63) is 59.9 Å². The van der Waals surface area contributed by atoms with Crippen LogP contribution >= 0.6 is 0 Å². The maximum Gasteiger partial charge on any atom is 0.259 e. The number of nitrogens with one attached hydrogen (secondary N) is 2. The van der Waals surface area contributed by atoms with Gasteiger partial charge in [-0.1, -0.05) is 25.1 Å².